The lowest BCUT2D eigenvalue weighted by Gasteiger charge is -2.22. The minimum Gasteiger partial charge on any atom is -0.475 e. The van der Waals surface area contributed by atoms with Gasteiger partial charge in [0.2, 0.25) is 11.8 Å². The van der Waals surface area contributed by atoms with E-state index in [4.69, 9.17) is 14.6 Å². The van der Waals surface area contributed by atoms with E-state index in [1.165, 1.54) is 12.1 Å². The molecule has 3 aliphatic rings. The maximum Gasteiger partial charge on any atom is 0.490 e. The molecule has 0 aliphatic carbocycles. The number of ether oxygens (including phenoxy) is 1. The van der Waals surface area contributed by atoms with Crippen LogP contribution in [0.2, 0.25) is 0 Å². The standard InChI is InChI=1S/C19H24FN3O3.C2HF3O2/c20-14-3-4-15(21-9-14)8-19(25)23-10-16-13(12-26-17(16)11-23)7-18(24)22-5-1-2-6-22;3-2(4,5)1(6)7/h3-4,9,13,16-17H,1-2,5-8,10-12H2;(H,6,7)/t13-,16+,17+;/m0./s1. The number of carboxylic acids is 1. The zero-order valence-corrected chi connectivity index (χ0v) is 17.8. The van der Waals surface area contributed by atoms with Crippen LogP contribution in [0.4, 0.5) is 17.6 Å². The first-order valence-electron chi connectivity index (χ1n) is 10.6. The Kier molecular flexibility index (Phi) is 7.88. The third kappa shape index (κ3) is 6.62. The number of likely N-dealkylation sites (tertiary alicyclic amines) is 2. The van der Waals surface area contributed by atoms with Crippen LogP contribution in [0, 0.1) is 17.7 Å². The van der Waals surface area contributed by atoms with Crippen molar-refractivity contribution in [2.45, 2.75) is 38.0 Å². The van der Waals surface area contributed by atoms with Gasteiger partial charge in [-0.15, -0.1) is 0 Å². The summed E-state index contributed by atoms with van der Waals surface area (Å²) in [6.07, 6.45) is -1.06. The minimum atomic E-state index is -5.08. The van der Waals surface area contributed by atoms with Crippen molar-refractivity contribution < 1.29 is 41.8 Å². The Hall–Kier alpha value is -2.76. The van der Waals surface area contributed by atoms with E-state index in [0.29, 0.717) is 31.8 Å². The maximum atomic E-state index is 12.9. The Labute approximate surface area is 187 Å². The fourth-order valence-corrected chi connectivity index (χ4v) is 4.31. The Morgan fingerprint density at radius 2 is 1.76 bits per heavy atom. The van der Waals surface area contributed by atoms with Crippen LogP contribution in [0.3, 0.4) is 0 Å². The van der Waals surface area contributed by atoms with Crippen molar-refractivity contribution in [2.24, 2.45) is 11.8 Å². The quantitative estimate of drug-likeness (QED) is 0.668. The van der Waals surface area contributed by atoms with Crippen LogP contribution in [0.15, 0.2) is 18.3 Å². The molecule has 3 aliphatic heterocycles. The largest absolute Gasteiger partial charge is 0.490 e. The molecule has 8 nitrogen and oxygen atoms in total. The van der Waals surface area contributed by atoms with Crippen LogP contribution < -0.4 is 0 Å². The zero-order valence-electron chi connectivity index (χ0n) is 17.8. The summed E-state index contributed by atoms with van der Waals surface area (Å²) in [5, 5.41) is 7.12. The number of hydrogen-bond acceptors (Lipinski definition) is 5. The molecule has 12 heteroatoms. The smallest absolute Gasteiger partial charge is 0.475 e. The number of rotatable bonds is 4. The number of fused-ring (bicyclic) bond motifs is 1. The van der Waals surface area contributed by atoms with Crippen LogP contribution in [-0.2, 0) is 25.5 Å². The number of carbonyl (C=O) groups is 3. The SMILES string of the molecule is O=C(C[C@H]1CO[C@@H]2CN(C(=O)Cc3ccc(F)cn3)C[C@H]12)N1CCCC1.O=C(O)C(F)(F)F. The van der Waals surface area contributed by atoms with Gasteiger partial charge in [-0.2, -0.15) is 13.2 Å². The number of hydrogen-bond donors (Lipinski definition) is 1. The van der Waals surface area contributed by atoms with Crippen LogP contribution in [0.1, 0.15) is 25.0 Å². The Balaban J connectivity index is 0.000000383. The molecule has 0 radical (unpaired) electrons. The van der Waals surface area contributed by atoms with E-state index in [9.17, 15) is 27.2 Å². The van der Waals surface area contributed by atoms with Gasteiger partial charge in [0.25, 0.3) is 0 Å². The number of carbonyl (C=O) groups excluding carboxylic acids is 2. The summed E-state index contributed by atoms with van der Waals surface area (Å²) in [7, 11) is 0. The van der Waals surface area contributed by atoms with Crippen molar-refractivity contribution in [3.63, 3.8) is 0 Å². The Morgan fingerprint density at radius 1 is 1.09 bits per heavy atom. The van der Waals surface area contributed by atoms with E-state index < -0.39 is 18.0 Å². The summed E-state index contributed by atoms with van der Waals surface area (Å²) in [5.74, 6) is -2.55. The number of halogens is 4. The van der Waals surface area contributed by atoms with Gasteiger partial charge in [0.15, 0.2) is 0 Å². The lowest BCUT2D eigenvalue weighted by Crippen LogP contribution is -2.34. The first-order valence-corrected chi connectivity index (χ1v) is 10.6. The average Bonchev–Trinajstić information content (AvgIpc) is 3.48. The van der Waals surface area contributed by atoms with E-state index >= 15 is 0 Å². The number of carboxylic acid groups (broad SMARTS) is 1. The number of nitrogens with zero attached hydrogens (tertiary/aromatic N) is 3. The summed E-state index contributed by atoms with van der Waals surface area (Å²) >= 11 is 0. The Morgan fingerprint density at radius 3 is 2.33 bits per heavy atom. The number of amides is 2. The lowest BCUT2D eigenvalue weighted by atomic mass is 9.90. The van der Waals surface area contributed by atoms with Crippen LogP contribution in [0.25, 0.3) is 0 Å². The summed E-state index contributed by atoms with van der Waals surface area (Å²) < 4.78 is 50.5. The number of alkyl halides is 3. The normalized spacial score (nSPS) is 24.3. The maximum absolute atomic E-state index is 12.9. The van der Waals surface area contributed by atoms with Gasteiger partial charge in [0.1, 0.15) is 5.82 Å². The van der Waals surface area contributed by atoms with Crippen molar-refractivity contribution in [1.29, 1.82) is 0 Å². The zero-order chi connectivity index (χ0) is 24.2. The molecule has 0 bridgehead atoms. The molecule has 1 aromatic rings. The lowest BCUT2D eigenvalue weighted by molar-refractivity contribution is -0.192. The molecule has 0 aromatic carbocycles. The van der Waals surface area contributed by atoms with E-state index in [1.807, 2.05) is 4.90 Å². The first kappa shape index (κ1) is 24.9. The van der Waals surface area contributed by atoms with Gasteiger partial charge in [-0.3, -0.25) is 14.6 Å². The predicted octanol–water partition coefficient (Wildman–Crippen LogP) is 1.88. The first-order chi connectivity index (χ1) is 15.5. The second-order valence-corrected chi connectivity index (χ2v) is 8.33. The fraction of sp³-hybridized carbons (Fsp3) is 0.619. The van der Waals surface area contributed by atoms with Gasteiger partial charge in [-0.05, 0) is 30.9 Å². The van der Waals surface area contributed by atoms with E-state index in [-0.39, 0.29) is 36.2 Å². The summed E-state index contributed by atoms with van der Waals surface area (Å²) in [6.45, 7) is 3.55. The molecular formula is C21H25F4N3O5. The highest BCUT2D eigenvalue weighted by Gasteiger charge is 2.46. The van der Waals surface area contributed by atoms with E-state index in [2.05, 4.69) is 4.98 Å². The van der Waals surface area contributed by atoms with Crippen LogP contribution in [0.5, 0.6) is 0 Å². The highest BCUT2D eigenvalue weighted by molar-refractivity contribution is 5.79. The molecule has 33 heavy (non-hydrogen) atoms. The van der Waals surface area contributed by atoms with Crippen molar-refractivity contribution in [1.82, 2.24) is 14.8 Å². The molecule has 3 atom stereocenters. The van der Waals surface area contributed by atoms with Crippen LogP contribution in [-0.4, -0.2) is 82.7 Å². The number of aromatic nitrogens is 1. The molecule has 0 unspecified atom stereocenters. The molecule has 3 fully saturated rings. The molecular weight excluding hydrogens is 450 g/mol. The van der Waals surface area contributed by atoms with Gasteiger partial charge in [0, 0.05) is 44.2 Å². The van der Waals surface area contributed by atoms with Crippen LogP contribution >= 0.6 is 0 Å². The van der Waals surface area contributed by atoms with Crippen molar-refractivity contribution in [3.05, 3.63) is 29.8 Å². The second-order valence-electron chi connectivity index (χ2n) is 8.33. The molecule has 1 N–H and O–H groups in total. The molecule has 3 saturated heterocycles. The molecule has 0 spiro atoms. The predicted molar refractivity (Wildman–Crippen MR) is 105 cm³/mol. The van der Waals surface area contributed by atoms with Crippen molar-refractivity contribution >= 4 is 17.8 Å². The molecule has 182 valence electrons. The van der Waals surface area contributed by atoms with E-state index in [1.54, 1.807) is 4.90 Å². The Bertz CT molecular complexity index is 858. The minimum absolute atomic E-state index is 0.0215. The molecule has 1 aromatic heterocycles. The highest BCUT2D eigenvalue weighted by atomic mass is 19.4. The van der Waals surface area contributed by atoms with Crippen molar-refractivity contribution in [2.75, 3.05) is 32.8 Å². The summed E-state index contributed by atoms with van der Waals surface area (Å²) in [4.78, 5) is 41.6. The second kappa shape index (κ2) is 10.4. The fourth-order valence-electron chi connectivity index (χ4n) is 4.31. The van der Waals surface area contributed by atoms with Gasteiger partial charge >= 0.3 is 12.1 Å². The summed E-state index contributed by atoms with van der Waals surface area (Å²) in [6, 6.07) is 2.86. The third-order valence-corrected chi connectivity index (χ3v) is 6.05. The summed E-state index contributed by atoms with van der Waals surface area (Å²) in [5.41, 5.74) is 0.565. The van der Waals surface area contributed by atoms with Gasteiger partial charge < -0.3 is 19.6 Å². The molecule has 4 heterocycles. The third-order valence-electron chi connectivity index (χ3n) is 6.05. The molecule has 4 rings (SSSR count). The molecule has 0 saturated carbocycles. The van der Waals surface area contributed by atoms with Gasteiger partial charge in [0.05, 0.1) is 25.3 Å². The monoisotopic (exact) mass is 475 g/mol. The van der Waals surface area contributed by atoms with Crippen molar-refractivity contribution in [3.8, 4) is 0 Å². The topological polar surface area (TPSA) is 100 Å². The van der Waals surface area contributed by atoms with Gasteiger partial charge in [-0.1, -0.05) is 0 Å². The van der Waals surface area contributed by atoms with Gasteiger partial charge in [-0.25, -0.2) is 9.18 Å². The molecule has 2 amide bonds. The number of aliphatic carboxylic acids is 1. The highest BCUT2D eigenvalue weighted by Crippen LogP contribution is 2.36. The number of pyridine rings is 1. The van der Waals surface area contributed by atoms with E-state index in [0.717, 1.165) is 32.1 Å². The average molecular weight is 475 g/mol.